The van der Waals surface area contributed by atoms with Crippen molar-refractivity contribution in [1.29, 1.82) is 0 Å². The van der Waals surface area contributed by atoms with E-state index in [4.69, 9.17) is 32.7 Å². The Hall–Kier alpha value is -3.44. The number of amides is 1. The van der Waals surface area contributed by atoms with Crippen molar-refractivity contribution in [3.8, 4) is 11.9 Å². The van der Waals surface area contributed by atoms with E-state index < -0.39 is 17.9 Å². The molecule has 2 aromatic carbocycles. The Morgan fingerprint density at radius 3 is 2.48 bits per heavy atom. The van der Waals surface area contributed by atoms with Crippen LogP contribution in [0.25, 0.3) is 0 Å². The maximum absolute atomic E-state index is 15.5. The molecule has 1 aromatic heterocycles. The van der Waals surface area contributed by atoms with Crippen LogP contribution in [0.5, 0.6) is 11.9 Å². The van der Waals surface area contributed by atoms with Crippen LogP contribution in [0, 0.1) is 11.7 Å². The predicted molar refractivity (Wildman–Crippen MR) is 152 cm³/mol. The van der Waals surface area contributed by atoms with Gasteiger partial charge in [0.25, 0.3) is 5.91 Å². The molecular weight excluding hydrogens is 558 g/mol. The molecule has 9 nitrogen and oxygen atoms in total. The van der Waals surface area contributed by atoms with E-state index in [1.54, 1.807) is 35.5 Å². The Labute approximate surface area is 242 Å². The van der Waals surface area contributed by atoms with Crippen LogP contribution >= 0.6 is 23.2 Å². The summed E-state index contributed by atoms with van der Waals surface area (Å²) in [5, 5.41) is 2.28. The van der Waals surface area contributed by atoms with E-state index >= 15 is 4.39 Å². The van der Waals surface area contributed by atoms with Gasteiger partial charge in [0.05, 0.1) is 37.2 Å². The summed E-state index contributed by atoms with van der Waals surface area (Å²) in [5.74, 6) is -0.813. The van der Waals surface area contributed by atoms with Crippen LogP contribution in [0.1, 0.15) is 18.5 Å². The van der Waals surface area contributed by atoms with E-state index in [-0.39, 0.29) is 34.4 Å². The van der Waals surface area contributed by atoms with Crippen LogP contribution in [0.3, 0.4) is 0 Å². The molecule has 3 atom stereocenters. The summed E-state index contributed by atoms with van der Waals surface area (Å²) in [6.45, 7) is 2.73. The highest BCUT2D eigenvalue weighted by Crippen LogP contribution is 2.49. The van der Waals surface area contributed by atoms with Gasteiger partial charge >= 0.3 is 6.01 Å². The first kappa shape index (κ1) is 28.1. The molecule has 0 spiro atoms. The fraction of sp³-hybridized carbons (Fsp3) is 0.321. The van der Waals surface area contributed by atoms with Crippen molar-refractivity contribution in [1.82, 2.24) is 20.3 Å². The molecule has 12 heteroatoms. The Bertz CT molecular complexity index is 1470. The number of fused-ring (bicyclic) bond motifs is 1. The highest BCUT2D eigenvalue weighted by Gasteiger charge is 2.53. The van der Waals surface area contributed by atoms with E-state index in [9.17, 15) is 4.79 Å². The number of benzene rings is 2. The summed E-state index contributed by atoms with van der Waals surface area (Å²) in [4.78, 5) is 26.4. The van der Waals surface area contributed by atoms with E-state index in [1.165, 1.54) is 25.2 Å². The summed E-state index contributed by atoms with van der Waals surface area (Å²) in [6, 6.07) is 10.5. The van der Waals surface area contributed by atoms with Crippen LogP contribution < -0.4 is 24.8 Å². The van der Waals surface area contributed by atoms with Crippen molar-refractivity contribution >= 4 is 40.5 Å². The molecule has 3 aromatic rings. The molecule has 0 aliphatic carbocycles. The Kier molecular flexibility index (Phi) is 7.87. The molecule has 3 heterocycles. The largest absolute Gasteiger partial charge is 0.479 e. The predicted octanol–water partition coefficient (Wildman–Crippen LogP) is 4.87. The number of ether oxygens (including phenoxy) is 2. The summed E-state index contributed by atoms with van der Waals surface area (Å²) in [7, 11) is 6.93. The van der Waals surface area contributed by atoms with Gasteiger partial charge in [-0.2, -0.15) is 4.98 Å². The number of nitrogens with zero attached hydrogens (tertiary/aromatic N) is 5. The number of hydrogen-bond acceptors (Lipinski definition) is 8. The van der Waals surface area contributed by atoms with Crippen molar-refractivity contribution in [2.45, 2.75) is 19.0 Å². The molecule has 2 aliphatic heterocycles. The van der Waals surface area contributed by atoms with Crippen LogP contribution in [-0.4, -0.2) is 61.7 Å². The van der Waals surface area contributed by atoms with Crippen LogP contribution in [0.15, 0.2) is 59.9 Å². The van der Waals surface area contributed by atoms with E-state index in [1.807, 2.05) is 26.2 Å². The van der Waals surface area contributed by atoms with Gasteiger partial charge in [-0.25, -0.2) is 14.8 Å². The molecule has 1 N–H and O–H groups in total. The summed E-state index contributed by atoms with van der Waals surface area (Å²) >= 11 is 12.4. The fourth-order valence-electron chi connectivity index (χ4n) is 5.43. The van der Waals surface area contributed by atoms with Crippen LogP contribution in [0.4, 0.5) is 15.8 Å². The maximum atomic E-state index is 15.5. The number of rotatable bonds is 8. The number of hydrogen-bond donors (Lipinski definition) is 1. The van der Waals surface area contributed by atoms with Crippen molar-refractivity contribution in [2.75, 3.05) is 44.8 Å². The summed E-state index contributed by atoms with van der Waals surface area (Å²) < 4.78 is 26.2. The minimum absolute atomic E-state index is 0.0675. The van der Waals surface area contributed by atoms with E-state index in [2.05, 4.69) is 27.2 Å². The third-order valence-corrected chi connectivity index (χ3v) is 7.50. The van der Waals surface area contributed by atoms with Gasteiger partial charge in [-0.1, -0.05) is 48.3 Å². The zero-order valence-electron chi connectivity index (χ0n) is 22.7. The molecule has 2 aliphatic rings. The van der Waals surface area contributed by atoms with E-state index in [0.29, 0.717) is 17.3 Å². The molecule has 1 fully saturated rings. The second kappa shape index (κ2) is 11.2. The van der Waals surface area contributed by atoms with Crippen molar-refractivity contribution in [3.05, 3.63) is 81.4 Å². The number of nitrogens with one attached hydrogen (secondary N) is 1. The lowest BCUT2D eigenvalue weighted by molar-refractivity contribution is -0.118. The molecule has 1 saturated heterocycles. The van der Waals surface area contributed by atoms with Crippen molar-refractivity contribution in [3.63, 3.8) is 0 Å². The van der Waals surface area contributed by atoms with Gasteiger partial charge < -0.3 is 14.4 Å². The number of carbonyl (C=O) groups is 1. The minimum Gasteiger partial charge on any atom is -0.479 e. The number of anilines is 2. The van der Waals surface area contributed by atoms with Crippen molar-refractivity contribution < 1.29 is 18.7 Å². The zero-order chi connectivity index (χ0) is 28.7. The first-order valence-corrected chi connectivity index (χ1v) is 13.3. The maximum Gasteiger partial charge on any atom is 0.319 e. The van der Waals surface area contributed by atoms with Crippen LogP contribution in [-0.2, 0) is 4.79 Å². The van der Waals surface area contributed by atoms with E-state index in [0.717, 1.165) is 16.8 Å². The highest BCUT2D eigenvalue weighted by atomic mass is 35.5. The van der Waals surface area contributed by atoms with Crippen LogP contribution in [0.2, 0.25) is 10.0 Å². The Balaban J connectivity index is 1.76. The number of aromatic nitrogens is 2. The average molecular weight is 587 g/mol. The average Bonchev–Trinajstić information content (AvgIpc) is 3.45. The van der Waals surface area contributed by atoms with Crippen molar-refractivity contribution in [2.24, 2.45) is 5.92 Å². The van der Waals surface area contributed by atoms with Gasteiger partial charge in [0.1, 0.15) is 11.7 Å². The third-order valence-electron chi connectivity index (χ3n) is 6.96. The topological polar surface area (TPSA) is 83.1 Å². The normalized spacial score (nSPS) is 19.5. The van der Waals surface area contributed by atoms with Gasteiger partial charge in [-0.05, 0) is 43.9 Å². The third kappa shape index (κ3) is 4.85. The highest BCUT2D eigenvalue weighted by molar-refractivity contribution is 6.31. The lowest BCUT2D eigenvalue weighted by Gasteiger charge is -2.33. The number of hydrazine groups is 1. The monoisotopic (exact) mass is 586 g/mol. The first-order valence-electron chi connectivity index (χ1n) is 12.6. The molecular formula is C28H29Cl2FN6O3. The second-order valence-electron chi connectivity index (χ2n) is 9.89. The van der Waals surface area contributed by atoms with Gasteiger partial charge in [0.15, 0.2) is 5.82 Å². The molecule has 0 radical (unpaired) electrons. The quantitative estimate of drug-likeness (QED) is 0.400. The molecule has 2 unspecified atom stereocenters. The zero-order valence-corrected chi connectivity index (χ0v) is 24.2. The van der Waals surface area contributed by atoms with Gasteiger partial charge in [-0.15, -0.1) is 0 Å². The molecule has 1 amide bonds. The minimum atomic E-state index is -0.800. The standard InChI is InChI=1S/C28H29Cl2FN6O3/c1-15(14-35(2)3)24-21-23(34-37(24)20-13-32-28(40-5)33-26(20)39-4)27(38)36(19-8-6-7-18(30)22(19)31)25(21)16-9-11-17(29)12-10-16/h6-13,15,23,25,34H,14H2,1-5H3/t15?,23-,25?/m0/s1. The smallest absolute Gasteiger partial charge is 0.319 e. The van der Waals surface area contributed by atoms with Gasteiger partial charge in [0.2, 0.25) is 5.88 Å². The lowest BCUT2D eigenvalue weighted by Crippen LogP contribution is -2.45. The molecule has 0 saturated carbocycles. The molecule has 210 valence electrons. The summed E-state index contributed by atoms with van der Waals surface area (Å²) in [6.07, 6.45) is 1.58. The molecule has 40 heavy (non-hydrogen) atoms. The number of carbonyl (C=O) groups excluding carboxylic acids is 1. The van der Waals surface area contributed by atoms with Gasteiger partial charge in [0, 0.05) is 28.8 Å². The molecule has 5 rings (SSSR count). The second-order valence-corrected chi connectivity index (χ2v) is 10.7. The Morgan fingerprint density at radius 2 is 1.82 bits per heavy atom. The Morgan fingerprint density at radius 1 is 1.10 bits per heavy atom. The molecule has 0 bridgehead atoms. The first-order chi connectivity index (χ1) is 19.2. The number of halogens is 3. The lowest BCUT2D eigenvalue weighted by atomic mass is 9.91. The fourth-order valence-corrected chi connectivity index (χ4v) is 5.73. The SMILES string of the molecule is COc1ncc(N2N[C@@H]3C(=O)N(c4cccc(Cl)c4F)C(c4ccc(Cl)cc4)C3=C2C(C)CN(C)C)c(OC)n1. The van der Waals surface area contributed by atoms with Gasteiger partial charge in [-0.3, -0.25) is 14.7 Å². The number of methoxy groups -OCH3 is 2. The summed E-state index contributed by atoms with van der Waals surface area (Å²) in [5.41, 5.74) is 6.32.